The number of rotatable bonds is 0. The molecule has 76 valence electrons. The second-order valence-corrected chi connectivity index (χ2v) is 3.52. The first-order valence-corrected chi connectivity index (χ1v) is 4.85. The van der Waals surface area contributed by atoms with Crippen molar-refractivity contribution in [2.45, 2.75) is 6.54 Å². The fraction of sp³-hybridized carbons (Fsp3) is 0.182. The van der Waals surface area contributed by atoms with E-state index in [0.29, 0.717) is 35.6 Å². The smallest absolute Gasteiger partial charge is 0.202 e. The maximum Gasteiger partial charge on any atom is 0.202 e. The quantitative estimate of drug-likeness (QED) is 0.675. The molecule has 1 aromatic carbocycles. The molecule has 0 unspecified atom stereocenters. The van der Waals surface area contributed by atoms with Crippen LogP contribution in [0.25, 0.3) is 11.0 Å². The number of hydrogen-bond donors (Lipinski definition) is 2. The van der Waals surface area contributed by atoms with Gasteiger partial charge in [0.2, 0.25) is 5.88 Å². The molecule has 4 heteroatoms. The highest BCUT2D eigenvalue weighted by Gasteiger charge is 2.16. The summed E-state index contributed by atoms with van der Waals surface area (Å²) in [6.45, 7) is 1.20. The van der Waals surface area contributed by atoms with Gasteiger partial charge in [-0.25, -0.2) is 0 Å². The van der Waals surface area contributed by atoms with E-state index in [1.165, 1.54) is 0 Å². The highest BCUT2D eigenvalue weighted by atomic mass is 16.3. The Morgan fingerprint density at radius 2 is 2.13 bits per heavy atom. The molecule has 0 bridgehead atoms. The highest BCUT2D eigenvalue weighted by Crippen LogP contribution is 2.20. The Morgan fingerprint density at radius 3 is 3.07 bits per heavy atom. The molecule has 3 rings (SSSR count). The molecule has 0 saturated heterocycles. The van der Waals surface area contributed by atoms with Gasteiger partial charge in [0, 0.05) is 6.54 Å². The summed E-state index contributed by atoms with van der Waals surface area (Å²) < 4.78 is 5.61. The fourth-order valence-electron chi connectivity index (χ4n) is 1.81. The lowest BCUT2D eigenvalue weighted by atomic mass is 10.1. The van der Waals surface area contributed by atoms with Crippen LogP contribution in [0.2, 0.25) is 0 Å². The van der Waals surface area contributed by atoms with Crippen LogP contribution in [0.4, 0.5) is 5.88 Å². The third-order valence-corrected chi connectivity index (χ3v) is 2.57. The molecule has 4 nitrogen and oxygen atoms in total. The fourth-order valence-corrected chi connectivity index (χ4v) is 1.81. The minimum atomic E-state index is 0.0477. The van der Waals surface area contributed by atoms with Crippen LogP contribution in [-0.2, 0) is 6.54 Å². The van der Waals surface area contributed by atoms with Crippen molar-refractivity contribution in [2.75, 3.05) is 12.0 Å². The number of hydrogen-bond acceptors (Lipinski definition) is 4. The topological polar surface area (TPSA) is 54.3 Å². The van der Waals surface area contributed by atoms with Crippen LogP contribution in [0.15, 0.2) is 33.5 Å². The minimum absolute atomic E-state index is 0.0477. The molecule has 2 N–H and O–H groups in total. The molecule has 0 aliphatic carbocycles. The van der Waals surface area contributed by atoms with Gasteiger partial charge in [-0.2, -0.15) is 0 Å². The molecular weight excluding hydrogens is 192 g/mol. The van der Waals surface area contributed by atoms with Gasteiger partial charge >= 0.3 is 0 Å². The Kier molecular flexibility index (Phi) is 1.76. The Bertz CT molecular complexity index is 574. The van der Waals surface area contributed by atoms with Crippen LogP contribution < -0.4 is 16.1 Å². The maximum atomic E-state index is 12.0. The van der Waals surface area contributed by atoms with Gasteiger partial charge in [-0.3, -0.25) is 10.1 Å². The lowest BCUT2D eigenvalue weighted by Gasteiger charge is -2.17. The second kappa shape index (κ2) is 3.10. The molecule has 0 saturated carbocycles. The zero-order valence-electron chi connectivity index (χ0n) is 8.04. The van der Waals surface area contributed by atoms with E-state index >= 15 is 0 Å². The molecule has 0 amide bonds. The number of anilines is 1. The summed E-state index contributed by atoms with van der Waals surface area (Å²) in [6.07, 6.45) is 0. The van der Waals surface area contributed by atoms with E-state index in [-0.39, 0.29) is 5.43 Å². The van der Waals surface area contributed by atoms with Crippen molar-refractivity contribution < 1.29 is 4.42 Å². The molecule has 1 aliphatic heterocycles. The summed E-state index contributed by atoms with van der Waals surface area (Å²) >= 11 is 0. The van der Waals surface area contributed by atoms with Crippen LogP contribution >= 0.6 is 0 Å². The lowest BCUT2D eigenvalue weighted by Crippen LogP contribution is -2.31. The summed E-state index contributed by atoms with van der Waals surface area (Å²) in [5.74, 6) is 0.595. The van der Waals surface area contributed by atoms with Gasteiger partial charge in [-0.15, -0.1) is 0 Å². The predicted octanol–water partition coefficient (Wildman–Crippen LogP) is 1.27. The molecule has 2 heterocycles. The van der Waals surface area contributed by atoms with Gasteiger partial charge in [-0.05, 0) is 12.1 Å². The largest absolute Gasteiger partial charge is 0.440 e. The van der Waals surface area contributed by atoms with E-state index in [9.17, 15) is 4.79 Å². The Morgan fingerprint density at radius 1 is 1.27 bits per heavy atom. The molecule has 2 aromatic rings. The van der Waals surface area contributed by atoms with Crippen LogP contribution in [-0.4, -0.2) is 6.67 Å². The second-order valence-electron chi connectivity index (χ2n) is 3.52. The molecule has 0 atom stereocenters. The van der Waals surface area contributed by atoms with E-state index < -0.39 is 0 Å². The molecule has 0 fully saturated rings. The molecule has 15 heavy (non-hydrogen) atoms. The van der Waals surface area contributed by atoms with Crippen LogP contribution in [0, 0.1) is 0 Å². The Labute approximate surface area is 85.9 Å². The van der Waals surface area contributed by atoms with Crippen LogP contribution in [0.5, 0.6) is 0 Å². The van der Waals surface area contributed by atoms with Crippen molar-refractivity contribution >= 4 is 16.9 Å². The van der Waals surface area contributed by atoms with Gasteiger partial charge in [0.15, 0.2) is 5.43 Å². The lowest BCUT2D eigenvalue weighted by molar-refractivity contribution is 0.568. The third kappa shape index (κ3) is 1.22. The summed E-state index contributed by atoms with van der Waals surface area (Å²) in [7, 11) is 0. The Hall–Kier alpha value is -1.81. The van der Waals surface area contributed by atoms with Crippen molar-refractivity contribution in [3.05, 3.63) is 40.1 Å². The van der Waals surface area contributed by atoms with E-state index in [0.717, 1.165) is 0 Å². The van der Waals surface area contributed by atoms with Gasteiger partial charge < -0.3 is 9.73 Å². The van der Waals surface area contributed by atoms with Gasteiger partial charge in [0.05, 0.1) is 17.6 Å². The summed E-state index contributed by atoms with van der Waals surface area (Å²) in [6, 6.07) is 7.30. The van der Waals surface area contributed by atoms with Crippen molar-refractivity contribution in [3.8, 4) is 0 Å². The van der Waals surface area contributed by atoms with Crippen LogP contribution in [0.3, 0.4) is 0 Å². The SMILES string of the molecule is O=c1c2c(oc3ccccc13)NCNC2. The first kappa shape index (κ1) is 8.49. The normalized spacial score (nSPS) is 14.7. The van der Waals surface area contributed by atoms with Crippen molar-refractivity contribution in [2.24, 2.45) is 0 Å². The van der Waals surface area contributed by atoms with Crippen molar-refractivity contribution in [1.29, 1.82) is 0 Å². The first-order valence-electron chi connectivity index (χ1n) is 4.85. The molecule has 0 radical (unpaired) electrons. The van der Waals surface area contributed by atoms with E-state index in [4.69, 9.17) is 4.42 Å². The van der Waals surface area contributed by atoms with Crippen molar-refractivity contribution in [1.82, 2.24) is 5.32 Å². The summed E-state index contributed by atoms with van der Waals surface area (Å²) in [4.78, 5) is 12.0. The Balaban J connectivity index is 2.41. The van der Waals surface area contributed by atoms with Gasteiger partial charge in [0.1, 0.15) is 5.58 Å². The maximum absolute atomic E-state index is 12.0. The summed E-state index contributed by atoms with van der Waals surface area (Å²) in [5.41, 5.74) is 1.36. The molecule has 1 aromatic heterocycles. The highest BCUT2D eigenvalue weighted by molar-refractivity contribution is 5.78. The molecule has 0 spiro atoms. The van der Waals surface area contributed by atoms with E-state index in [2.05, 4.69) is 10.6 Å². The first-order chi connectivity index (χ1) is 7.36. The van der Waals surface area contributed by atoms with Crippen LogP contribution in [0.1, 0.15) is 5.56 Å². The molecule has 1 aliphatic rings. The number of fused-ring (bicyclic) bond motifs is 2. The number of nitrogens with one attached hydrogen (secondary N) is 2. The minimum Gasteiger partial charge on any atom is -0.440 e. The van der Waals surface area contributed by atoms with Crippen molar-refractivity contribution in [3.63, 3.8) is 0 Å². The molecular formula is C11H10N2O2. The third-order valence-electron chi connectivity index (χ3n) is 2.57. The average Bonchev–Trinajstić information content (AvgIpc) is 2.30. The standard InChI is InChI=1S/C11H10N2O2/c14-10-7-3-1-2-4-9(7)15-11-8(10)5-12-6-13-11/h1-4,12-13H,5-6H2. The zero-order chi connectivity index (χ0) is 10.3. The van der Waals surface area contributed by atoms with E-state index in [1.807, 2.05) is 12.1 Å². The summed E-state index contributed by atoms with van der Waals surface area (Å²) in [5, 5.41) is 6.73. The number of para-hydroxylation sites is 1. The average molecular weight is 202 g/mol. The van der Waals surface area contributed by atoms with E-state index in [1.54, 1.807) is 12.1 Å². The monoisotopic (exact) mass is 202 g/mol. The number of benzene rings is 1. The predicted molar refractivity (Wildman–Crippen MR) is 57.8 cm³/mol. The van der Waals surface area contributed by atoms with Gasteiger partial charge in [0.25, 0.3) is 0 Å². The van der Waals surface area contributed by atoms with Gasteiger partial charge in [-0.1, -0.05) is 12.1 Å². The zero-order valence-corrected chi connectivity index (χ0v) is 8.04.